The van der Waals surface area contributed by atoms with E-state index >= 15 is 0 Å². The van der Waals surface area contributed by atoms with Gasteiger partial charge in [-0.2, -0.15) is 0 Å². The number of pyridine rings is 1. The molecule has 0 fully saturated rings. The van der Waals surface area contributed by atoms with Gasteiger partial charge in [0.05, 0.1) is 5.70 Å². The van der Waals surface area contributed by atoms with Crippen LogP contribution in [0.3, 0.4) is 0 Å². The summed E-state index contributed by atoms with van der Waals surface area (Å²) in [6.07, 6.45) is 1.79. The van der Waals surface area contributed by atoms with Crippen molar-refractivity contribution in [3.63, 3.8) is 0 Å². The van der Waals surface area contributed by atoms with Crippen LogP contribution in [0.1, 0.15) is 12.5 Å². The number of rotatable bonds is 2. The second-order valence-corrected chi connectivity index (χ2v) is 4.03. The van der Waals surface area contributed by atoms with Gasteiger partial charge in [0.25, 0.3) is 0 Å². The van der Waals surface area contributed by atoms with Crippen molar-refractivity contribution in [2.24, 2.45) is 0 Å². The van der Waals surface area contributed by atoms with Gasteiger partial charge in [-0.1, -0.05) is 6.58 Å². The third-order valence-corrected chi connectivity index (χ3v) is 2.53. The molecule has 1 rings (SSSR count). The molecule has 1 heterocycles. The van der Waals surface area contributed by atoms with Crippen LogP contribution in [0.15, 0.2) is 34.7 Å². The van der Waals surface area contributed by atoms with Gasteiger partial charge in [0, 0.05) is 17.7 Å². The van der Waals surface area contributed by atoms with Crippen molar-refractivity contribution >= 4 is 21.7 Å². The monoisotopic (exact) mass is 252 g/mol. The van der Waals surface area contributed by atoms with Crippen molar-refractivity contribution in [3.8, 4) is 0 Å². The molecule has 0 spiro atoms. The first-order valence-corrected chi connectivity index (χ1v) is 5.08. The lowest BCUT2D eigenvalue weighted by atomic mass is 10.2. The van der Waals surface area contributed by atoms with E-state index in [4.69, 9.17) is 0 Å². The van der Waals surface area contributed by atoms with E-state index in [0.29, 0.717) is 0 Å². The maximum absolute atomic E-state index is 4.34. The quantitative estimate of drug-likeness (QED) is 0.752. The Kier molecular flexibility index (Phi) is 3.50. The second-order valence-electron chi connectivity index (χ2n) is 3.12. The summed E-state index contributed by atoms with van der Waals surface area (Å²) < 4.78 is 0.993. The van der Waals surface area contributed by atoms with Crippen molar-refractivity contribution in [1.29, 1.82) is 0 Å². The predicted octanol–water partition coefficient (Wildman–Crippen LogP) is 3.28. The number of hydrogen-bond acceptors (Lipinski definition) is 2. The van der Waals surface area contributed by atoms with Gasteiger partial charge in [0.1, 0.15) is 5.82 Å². The molecule has 0 unspecified atom stereocenters. The number of hydrogen-bond donors (Lipinski definition) is 0. The smallest absolute Gasteiger partial charge is 0.135 e. The maximum Gasteiger partial charge on any atom is 0.135 e. The molecule has 0 aliphatic rings. The summed E-state index contributed by atoms with van der Waals surface area (Å²) in [7, 11) is 1.96. The molecule has 1 aromatic rings. The SMILES string of the molecule is C=C=C(C)N(C)c1ncc(Br)cc1C. The summed E-state index contributed by atoms with van der Waals surface area (Å²) in [5, 5.41) is 0. The summed E-state index contributed by atoms with van der Waals surface area (Å²) >= 11 is 3.38. The third-order valence-electron chi connectivity index (χ3n) is 2.09. The molecule has 1 aromatic heterocycles. The van der Waals surface area contributed by atoms with Crippen LogP contribution in [0.25, 0.3) is 0 Å². The average molecular weight is 253 g/mol. The molecule has 14 heavy (non-hydrogen) atoms. The second kappa shape index (κ2) is 4.45. The van der Waals surface area contributed by atoms with Gasteiger partial charge in [-0.3, -0.25) is 0 Å². The zero-order valence-electron chi connectivity index (χ0n) is 8.63. The molecule has 2 nitrogen and oxygen atoms in total. The first-order chi connectivity index (χ1) is 6.56. The fourth-order valence-corrected chi connectivity index (χ4v) is 1.61. The molecule has 0 amide bonds. The highest BCUT2D eigenvalue weighted by Gasteiger charge is 2.07. The fourth-order valence-electron chi connectivity index (χ4n) is 1.16. The zero-order chi connectivity index (χ0) is 10.7. The van der Waals surface area contributed by atoms with Gasteiger partial charge >= 0.3 is 0 Å². The highest BCUT2D eigenvalue weighted by Crippen LogP contribution is 2.21. The van der Waals surface area contributed by atoms with Gasteiger partial charge in [-0.25, -0.2) is 4.98 Å². The summed E-state index contributed by atoms with van der Waals surface area (Å²) in [6.45, 7) is 7.60. The standard InChI is InChI=1S/C11H13BrN2/c1-5-9(3)14(4)11-8(2)6-10(12)7-13-11/h6-7H,1H2,2-4H3. The van der Waals surface area contributed by atoms with Gasteiger partial charge in [-0.05, 0) is 41.4 Å². The molecule has 0 radical (unpaired) electrons. The molecule has 0 bridgehead atoms. The summed E-state index contributed by atoms with van der Waals surface area (Å²) in [4.78, 5) is 6.30. The van der Waals surface area contributed by atoms with Crippen LogP contribution in [-0.4, -0.2) is 12.0 Å². The van der Waals surface area contributed by atoms with Gasteiger partial charge < -0.3 is 4.90 Å². The van der Waals surface area contributed by atoms with Crippen LogP contribution in [0.2, 0.25) is 0 Å². The normalized spacial score (nSPS) is 9.43. The van der Waals surface area contributed by atoms with E-state index in [9.17, 15) is 0 Å². The van der Waals surface area contributed by atoms with Crippen LogP contribution < -0.4 is 4.90 Å². The van der Waals surface area contributed by atoms with Crippen LogP contribution in [0, 0.1) is 6.92 Å². The average Bonchev–Trinajstić information content (AvgIpc) is 2.15. The fraction of sp³-hybridized carbons (Fsp3) is 0.273. The minimum atomic E-state index is 0.932. The molecule has 0 aliphatic heterocycles. The van der Waals surface area contributed by atoms with Crippen LogP contribution in [0.4, 0.5) is 5.82 Å². The lowest BCUT2D eigenvalue weighted by Gasteiger charge is -2.19. The van der Waals surface area contributed by atoms with Gasteiger partial charge in [-0.15, -0.1) is 5.73 Å². The lowest BCUT2D eigenvalue weighted by Crippen LogP contribution is -2.16. The first kappa shape index (κ1) is 11.0. The Morgan fingerprint density at radius 2 is 2.29 bits per heavy atom. The molecule has 0 saturated heterocycles. The van der Waals surface area contributed by atoms with Crippen molar-refractivity contribution in [2.45, 2.75) is 13.8 Å². The topological polar surface area (TPSA) is 16.1 Å². The highest BCUT2D eigenvalue weighted by molar-refractivity contribution is 9.10. The molecular weight excluding hydrogens is 240 g/mol. The summed E-state index contributed by atoms with van der Waals surface area (Å²) in [5.41, 5.74) is 4.93. The van der Waals surface area contributed by atoms with E-state index in [1.54, 1.807) is 6.20 Å². The van der Waals surface area contributed by atoms with Crippen molar-refractivity contribution < 1.29 is 0 Å². The molecular formula is C11H13BrN2. The van der Waals surface area contributed by atoms with E-state index in [-0.39, 0.29) is 0 Å². The third kappa shape index (κ3) is 2.25. The van der Waals surface area contributed by atoms with Gasteiger partial charge in [0.15, 0.2) is 0 Å². The van der Waals surface area contributed by atoms with E-state index in [1.807, 2.05) is 31.9 Å². The first-order valence-electron chi connectivity index (χ1n) is 4.28. The molecule has 0 aromatic carbocycles. The summed E-state index contributed by atoms with van der Waals surface area (Å²) in [5.74, 6) is 0.932. The number of halogens is 1. The van der Waals surface area contributed by atoms with E-state index in [2.05, 4.69) is 33.2 Å². The molecule has 0 N–H and O–H groups in total. The lowest BCUT2D eigenvalue weighted by molar-refractivity contribution is 1.03. The number of allylic oxidation sites excluding steroid dienone is 1. The van der Waals surface area contributed by atoms with Crippen molar-refractivity contribution in [3.05, 3.63) is 40.3 Å². The Labute approximate surface area is 93.1 Å². The van der Waals surface area contributed by atoms with E-state index < -0.39 is 0 Å². The molecule has 74 valence electrons. The van der Waals surface area contributed by atoms with Crippen LogP contribution in [0.5, 0.6) is 0 Å². The Balaban J connectivity index is 3.14. The summed E-state index contributed by atoms with van der Waals surface area (Å²) in [6, 6.07) is 2.04. The van der Waals surface area contributed by atoms with Crippen LogP contribution in [-0.2, 0) is 0 Å². The number of anilines is 1. The molecule has 0 saturated carbocycles. The number of aryl methyl sites for hydroxylation is 1. The minimum absolute atomic E-state index is 0.932. The molecule has 3 heteroatoms. The predicted molar refractivity (Wildman–Crippen MR) is 63.4 cm³/mol. The van der Waals surface area contributed by atoms with Crippen molar-refractivity contribution in [2.75, 3.05) is 11.9 Å². The Morgan fingerprint density at radius 1 is 1.64 bits per heavy atom. The Hall–Kier alpha value is -1.05. The van der Waals surface area contributed by atoms with Crippen LogP contribution >= 0.6 is 15.9 Å². The molecule has 0 aliphatic carbocycles. The number of aromatic nitrogens is 1. The van der Waals surface area contributed by atoms with Crippen molar-refractivity contribution in [1.82, 2.24) is 4.98 Å². The zero-order valence-corrected chi connectivity index (χ0v) is 10.2. The highest BCUT2D eigenvalue weighted by atomic mass is 79.9. The Morgan fingerprint density at radius 3 is 2.79 bits per heavy atom. The van der Waals surface area contributed by atoms with E-state index in [1.165, 1.54) is 0 Å². The molecule has 0 atom stereocenters. The maximum atomic E-state index is 4.34. The van der Waals surface area contributed by atoms with E-state index in [0.717, 1.165) is 21.6 Å². The number of nitrogens with zero attached hydrogens (tertiary/aromatic N) is 2. The minimum Gasteiger partial charge on any atom is -0.326 e. The Bertz CT molecular complexity index is 392. The van der Waals surface area contributed by atoms with Gasteiger partial charge in [0.2, 0.25) is 0 Å². The largest absolute Gasteiger partial charge is 0.326 e.